The van der Waals surface area contributed by atoms with E-state index in [0.717, 1.165) is 19.4 Å². The Morgan fingerprint density at radius 3 is 2.60 bits per heavy atom. The predicted octanol–water partition coefficient (Wildman–Crippen LogP) is 0.608. The lowest BCUT2D eigenvalue weighted by Gasteiger charge is -2.08. The van der Waals surface area contributed by atoms with E-state index in [0.29, 0.717) is 11.2 Å². The van der Waals surface area contributed by atoms with Crippen molar-refractivity contribution in [1.82, 2.24) is 0 Å². The van der Waals surface area contributed by atoms with E-state index >= 15 is 0 Å². The molecule has 1 rings (SSSR count). The van der Waals surface area contributed by atoms with Gasteiger partial charge in [0.1, 0.15) is 0 Å². The second-order valence-corrected chi connectivity index (χ2v) is 4.51. The molecular weight excluding hydrogens is 165 g/mol. The van der Waals surface area contributed by atoms with Crippen LogP contribution in [0.2, 0.25) is 0 Å². The first-order chi connectivity index (χ1) is 4.77. The van der Waals surface area contributed by atoms with Gasteiger partial charge in [0, 0.05) is 5.25 Å². The molecule has 1 aliphatic carbocycles. The van der Waals surface area contributed by atoms with Crippen LogP contribution in [0.1, 0.15) is 12.8 Å². The third-order valence-corrected chi connectivity index (χ3v) is 3.98. The molecule has 0 aromatic rings. The van der Waals surface area contributed by atoms with Crippen LogP contribution in [0, 0.1) is 5.92 Å². The number of nitrogens with two attached hydrogens (primary N) is 1. The topological polar surface area (TPSA) is 46.2 Å². The highest BCUT2D eigenvalue weighted by atomic mass is 32.7. The van der Waals surface area contributed by atoms with Crippen molar-refractivity contribution in [1.29, 1.82) is 0 Å². The third kappa shape index (κ3) is 1.85. The lowest BCUT2D eigenvalue weighted by Crippen LogP contribution is -2.13. The summed E-state index contributed by atoms with van der Waals surface area (Å²) in [5.41, 5.74) is 5.49. The number of hydrogen-bond acceptors (Lipinski definition) is 3. The Balaban J connectivity index is 2.36. The largest absolute Gasteiger partial charge is 0.392 e. The fraction of sp³-hybridized carbons (Fsp3) is 1.00. The summed E-state index contributed by atoms with van der Waals surface area (Å²) in [6.07, 6.45) is 1.84. The van der Waals surface area contributed by atoms with Gasteiger partial charge in [0.2, 0.25) is 0 Å². The molecule has 1 aliphatic rings. The van der Waals surface area contributed by atoms with Crippen molar-refractivity contribution in [3.8, 4) is 0 Å². The molecule has 4 atom stereocenters. The van der Waals surface area contributed by atoms with E-state index in [1.807, 2.05) is 0 Å². The number of hydrogen-bond donors (Lipinski definition) is 2. The van der Waals surface area contributed by atoms with E-state index in [1.54, 1.807) is 11.4 Å². The van der Waals surface area contributed by atoms with Crippen LogP contribution in [0.15, 0.2) is 0 Å². The van der Waals surface area contributed by atoms with Gasteiger partial charge in [-0.2, -0.15) is 0 Å². The van der Waals surface area contributed by atoms with Crippen molar-refractivity contribution in [3.05, 3.63) is 0 Å². The maximum Gasteiger partial charge on any atom is 0.0665 e. The Morgan fingerprint density at radius 2 is 2.30 bits per heavy atom. The Morgan fingerprint density at radius 1 is 1.60 bits per heavy atom. The molecule has 0 saturated heterocycles. The van der Waals surface area contributed by atoms with Gasteiger partial charge in [0.05, 0.1) is 6.10 Å². The summed E-state index contributed by atoms with van der Waals surface area (Å²) < 4.78 is 0. The van der Waals surface area contributed by atoms with Crippen LogP contribution in [-0.4, -0.2) is 23.0 Å². The van der Waals surface area contributed by atoms with E-state index < -0.39 is 0 Å². The zero-order valence-corrected chi connectivity index (χ0v) is 7.83. The molecule has 3 N–H and O–H groups in total. The molecule has 0 aliphatic heterocycles. The molecule has 4 heteroatoms. The second-order valence-electron chi connectivity index (χ2n) is 2.82. The van der Waals surface area contributed by atoms with Crippen LogP contribution in [0.5, 0.6) is 0 Å². The molecule has 0 heterocycles. The van der Waals surface area contributed by atoms with Crippen LogP contribution >= 0.6 is 19.8 Å². The fourth-order valence-electron chi connectivity index (χ4n) is 1.41. The van der Waals surface area contributed by atoms with Gasteiger partial charge in [0.15, 0.2) is 0 Å². The minimum atomic E-state index is -0.129. The predicted molar refractivity (Wildman–Crippen MR) is 48.9 cm³/mol. The van der Waals surface area contributed by atoms with Crippen LogP contribution in [0.4, 0.5) is 0 Å². The van der Waals surface area contributed by atoms with E-state index in [9.17, 15) is 5.11 Å². The molecule has 2 nitrogen and oxygen atoms in total. The van der Waals surface area contributed by atoms with E-state index in [-0.39, 0.29) is 6.10 Å². The third-order valence-electron chi connectivity index (χ3n) is 2.08. The maximum atomic E-state index is 9.40. The Hall–Kier alpha value is 0.700. The lowest BCUT2D eigenvalue weighted by atomic mass is 10.1. The van der Waals surface area contributed by atoms with Crippen LogP contribution in [-0.2, 0) is 0 Å². The Kier molecular flexibility index (Phi) is 3.44. The van der Waals surface area contributed by atoms with Gasteiger partial charge in [-0.05, 0) is 25.3 Å². The lowest BCUT2D eigenvalue weighted by molar-refractivity contribution is 0.183. The molecule has 1 saturated carbocycles. The van der Waals surface area contributed by atoms with E-state index in [1.165, 1.54) is 0 Å². The van der Waals surface area contributed by atoms with Crippen LogP contribution in [0.25, 0.3) is 0 Å². The van der Waals surface area contributed by atoms with Crippen molar-refractivity contribution in [2.75, 3.05) is 6.54 Å². The van der Waals surface area contributed by atoms with E-state index in [2.05, 4.69) is 8.44 Å². The average Bonchev–Trinajstić information content (AvgIpc) is 2.30. The summed E-state index contributed by atoms with van der Waals surface area (Å²) in [6, 6.07) is 0. The van der Waals surface area contributed by atoms with Gasteiger partial charge in [-0.15, -0.1) is 11.4 Å². The van der Waals surface area contributed by atoms with Crippen molar-refractivity contribution < 1.29 is 5.11 Å². The molecule has 0 aromatic carbocycles. The van der Waals surface area contributed by atoms with Gasteiger partial charge in [-0.3, -0.25) is 0 Å². The molecule has 0 spiro atoms. The maximum absolute atomic E-state index is 9.40. The van der Waals surface area contributed by atoms with Crippen molar-refractivity contribution in [2.45, 2.75) is 24.2 Å². The SMILES string of the molecule is NC[C@@H]1C[C@@H](O)[C@H](SP)C1. The van der Waals surface area contributed by atoms with Gasteiger partial charge in [0.25, 0.3) is 0 Å². The first kappa shape index (κ1) is 8.79. The molecule has 1 unspecified atom stereocenters. The van der Waals surface area contributed by atoms with Crippen molar-refractivity contribution in [2.24, 2.45) is 11.7 Å². The fourth-order valence-corrected chi connectivity index (χ4v) is 2.97. The van der Waals surface area contributed by atoms with Gasteiger partial charge >= 0.3 is 0 Å². The molecule has 1 fully saturated rings. The smallest absolute Gasteiger partial charge is 0.0665 e. The number of aliphatic hydroxyl groups excluding tert-OH is 1. The number of aliphatic hydroxyl groups is 1. The summed E-state index contributed by atoms with van der Waals surface area (Å²) in [5.74, 6) is 0.549. The molecule has 10 heavy (non-hydrogen) atoms. The number of rotatable bonds is 2. The molecule has 0 aromatic heterocycles. The Bertz CT molecular complexity index is 114. The van der Waals surface area contributed by atoms with Crippen molar-refractivity contribution in [3.63, 3.8) is 0 Å². The normalized spacial score (nSPS) is 40.5. The Labute approximate surface area is 67.9 Å². The monoisotopic (exact) mass is 179 g/mol. The quantitative estimate of drug-likeness (QED) is 0.610. The summed E-state index contributed by atoms with van der Waals surface area (Å²) in [4.78, 5) is 0. The standard InChI is InChI=1S/C6H14NOPS/c7-3-4-1-5(8)6(2-4)10-9/h4-6,8H,1-3,7,9H2/t4-,5-,6-/m1/s1. The first-order valence-electron chi connectivity index (χ1n) is 3.51. The van der Waals surface area contributed by atoms with Gasteiger partial charge in [-0.25, -0.2) is 0 Å². The molecule has 0 bridgehead atoms. The molecule has 60 valence electrons. The van der Waals surface area contributed by atoms with Gasteiger partial charge < -0.3 is 10.8 Å². The van der Waals surface area contributed by atoms with Gasteiger partial charge in [-0.1, -0.05) is 8.44 Å². The first-order valence-corrected chi connectivity index (χ1v) is 5.87. The highest BCUT2D eigenvalue weighted by molar-refractivity contribution is 8.44. The summed E-state index contributed by atoms with van der Waals surface area (Å²) >= 11 is 1.67. The van der Waals surface area contributed by atoms with Crippen LogP contribution < -0.4 is 5.73 Å². The summed E-state index contributed by atoms with van der Waals surface area (Å²) in [5, 5.41) is 9.80. The highest BCUT2D eigenvalue weighted by Crippen LogP contribution is 2.36. The average molecular weight is 179 g/mol. The minimum absolute atomic E-state index is 0.129. The molecule has 0 radical (unpaired) electrons. The second kappa shape index (κ2) is 3.91. The van der Waals surface area contributed by atoms with Crippen LogP contribution in [0.3, 0.4) is 0 Å². The minimum Gasteiger partial charge on any atom is -0.392 e. The molecular formula is C6H14NOPS. The zero-order chi connectivity index (χ0) is 7.56. The summed E-state index contributed by atoms with van der Waals surface area (Å²) in [6.45, 7) is 0.721. The summed E-state index contributed by atoms with van der Waals surface area (Å²) in [7, 11) is 2.60. The van der Waals surface area contributed by atoms with Crippen molar-refractivity contribution >= 4 is 19.8 Å². The van der Waals surface area contributed by atoms with E-state index in [4.69, 9.17) is 5.73 Å². The zero-order valence-electron chi connectivity index (χ0n) is 5.86. The highest BCUT2D eigenvalue weighted by Gasteiger charge is 2.31. The molecule has 0 amide bonds.